The van der Waals surface area contributed by atoms with Gasteiger partial charge in [0.15, 0.2) is 0 Å². The molecule has 0 aliphatic heterocycles. The van der Waals surface area contributed by atoms with Crippen LogP contribution in [0, 0.1) is 5.92 Å². The standard InChI is InChI=1S/C14H24N2S/c1-9(2)13(15-10(3)4)14-16-11-7-5-6-8-12(11)17-14/h9-10,13,15H,5-8H2,1-4H3. The Morgan fingerprint density at radius 3 is 2.41 bits per heavy atom. The number of nitrogens with one attached hydrogen (secondary N) is 1. The van der Waals surface area contributed by atoms with Gasteiger partial charge in [0.25, 0.3) is 0 Å². The van der Waals surface area contributed by atoms with Crippen LogP contribution in [0.3, 0.4) is 0 Å². The molecule has 96 valence electrons. The van der Waals surface area contributed by atoms with Gasteiger partial charge in [-0.05, 0) is 31.6 Å². The number of rotatable bonds is 4. The van der Waals surface area contributed by atoms with E-state index in [-0.39, 0.29) is 0 Å². The Morgan fingerprint density at radius 1 is 1.12 bits per heavy atom. The van der Waals surface area contributed by atoms with Crippen LogP contribution in [0.5, 0.6) is 0 Å². The van der Waals surface area contributed by atoms with Gasteiger partial charge in [-0.3, -0.25) is 0 Å². The summed E-state index contributed by atoms with van der Waals surface area (Å²) in [5.74, 6) is 0.602. The maximum absolute atomic E-state index is 4.88. The molecule has 0 aromatic carbocycles. The normalized spacial score (nSPS) is 17.5. The Hall–Kier alpha value is -0.410. The fourth-order valence-electron chi connectivity index (χ4n) is 2.41. The lowest BCUT2D eigenvalue weighted by atomic mass is 10.0. The first-order valence-corrected chi connectivity index (χ1v) is 7.64. The highest BCUT2D eigenvalue weighted by Gasteiger charge is 2.23. The Kier molecular flexibility index (Phi) is 4.21. The SMILES string of the molecule is CC(C)NC(c1nc2c(s1)CCCC2)C(C)C. The topological polar surface area (TPSA) is 24.9 Å². The van der Waals surface area contributed by atoms with E-state index in [2.05, 4.69) is 33.0 Å². The second-order valence-electron chi connectivity index (χ2n) is 5.67. The average molecular weight is 252 g/mol. The molecule has 0 saturated carbocycles. The predicted octanol–water partition coefficient (Wildman–Crippen LogP) is 3.72. The van der Waals surface area contributed by atoms with Gasteiger partial charge in [-0.1, -0.05) is 27.7 Å². The van der Waals surface area contributed by atoms with Gasteiger partial charge in [-0.25, -0.2) is 4.98 Å². The molecule has 2 nitrogen and oxygen atoms in total. The lowest BCUT2D eigenvalue weighted by molar-refractivity contribution is 0.379. The minimum absolute atomic E-state index is 0.422. The highest BCUT2D eigenvalue weighted by Crippen LogP contribution is 2.32. The smallest absolute Gasteiger partial charge is 0.110 e. The van der Waals surface area contributed by atoms with Crippen LogP contribution in [0.4, 0.5) is 0 Å². The number of hydrogen-bond donors (Lipinski definition) is 1. The molecule has 1 N–H and O–H groups in total. The van der Waals surface area contributed by atoms with E-state index < -0.39 is 0 Å². The molecule has 0 fully saturated rings. The molecule has 0 radical (unpaired) electrons. The molecule has 0 bridgehead atoms. The highest BCUT2D eigenvalue weighted by molar-refractivity contribution is 7.11. The summed E-state index contributed by atoms with van der Waals surface area (Å²) < 4.78 is 0. The molecule has 1 heterocycles. The van der Waals surface area contributed by atoms with Crippen molar-refractivity contribution in [2.75, 3.05) is 0 Å². The van der Waals surface area contributed by atoms with Crippen LogP contribution < -0.4 is 5.32 Å². The van der Waals surface area contributed by atoms with E-state index in [4.69, 9.17) is 4.98 Å². The van der Waals surface area contributed by atoms with Gasteiger partial charge in [0, 0.05) is 10.9 Å². The average Bonchev–Trinajstić information content (AvgIpc) is 2.68. The zero-order valence-electron chi connectivity index (χ0n) is 11.4. The zero-order chi connectivity index (χ0) is 12.4. The molecule has 1 aliphatic carbocycles. The molecular formula is C14H24N2S. The summed E-state index contributed by atoms with van der Waals surface area (Å²) in [5, 5.41) is 4.96. The van der Waals surface area contributed by atoms with Gasteiger partial charge in [-0.2, -0.15) is 0 Å². The summed E-state index contributed by atoms with van der Waals surface area (Å²) in [4.78, 5) is 6.43. The zero-order valence-corrected chi connectivity index (χ0v) is 12.2. The van der Waals surface area contributed by atoms with Crippen molar-refractivity contribution in [1.82, 2.24) is 10.3 Å². The minimum Gasteiger partial charge on any atom is -0.305 e. The maximum Gasteiger partial charge on any atom is 0.110 e. The second kappa shape index (κ2) is 5.49. The number of aryl methyl sites for hydroxylation is 2. The fraction of sp³-hybridized carbons (Fsp3) is 0.786. The van der Waals surface area contributed by atoms with E-state index in [1.807, 2.05) is 11.3 Å². The summed E-state index contributed by atoms with van der Waals surface area (Å²) in [6, 6.07) is 0.939. The highest BCUT2D eigenvalue weighted by atomic mass is 32.1. The first-order valence-electron chi connectivity index (χ1n) is 6.82. The molecule has 17 heavy (non-hydrogen) atoms. The van der Waals surface area contributed by atoms with Crippen molar-refractivity contribution in [2.45, 2.75) is 65.5 Å². The van der Waals surface area contributed by atoms with E-state index in [9.17, 15) is 0 Å². The molecule has 1 aliphatic rings. The van der Waals surface area contributed by atoms with E-state index in [1.54, 1.807) is 4.88 Å². The molecule has 0 saturated heterocycles. The summed E-state index contributed by atoms with van der Waals surface area (Å²) in [5.41, 5.74) is 1.38. The van der Waals surface area contributed by atoms with Crippen molar-refractivity contribution in [3.63, 3.8) is 0 Å². The van der Waals surface area contributed by atoms with E-state index >= 15 is 0 Å². The number of nitrogens with zero attached hydrogens (tertiary/aromatic N) is 1. The Balaban J connectivity index is 2.20. The first kappa shape index (κ1) is 13.0. The largest absolute Gasteiger partial charge is 0.305 e. The molecule has 1 atom stereocenters. The molecule has 0 amide bonds. The van der Waals surface area contributed by atoms with Crippen molar-refractivity contribution in [3.05, 3.63) is 15.6 Å². The van der Waals surface area contributed by atoms with Gasteiger partial charge in [0.1, 0.15) is 5.01 Å². The van der Waals surface area contributed by atoms with Gasteiger partial charge in [-0.15, -0.1) is 11.3 Å². The summed E-state index contributed by atoms with van der Waals surface area (Å²) in [6.45, 7) is 8.98. The van der Waals surface area contributed by atoms with Crippen LogP contribution in [0.25, 0.3) is 0 Å². The van der Waals surface area contributed by atoms with Gasteiger partial charge < -0.3 is 5.32 Å². The Bertz CT molecular complexity index is 345. The van der Waals surface area contributed by atoms with Gasteiger partial charge in [0.05, 0.1) is 11.7 Å². The Labute approximate surface area is 109 Å². The third kappa shape index (κ3) is 3.08. The summed E-state index contributed by atoms with van der Waals surface area (Å²) >= 11 is 1.94. The summed E-state index contributed by atoms with van der Waals surface area (Å²) in [7, 11) is 0. The monoisotopic (exact) mass is 252 g/mol. The molecular weight excluding hydrogens is 228 g/mol. The molecule has 1 aromatic rings. The third-order valence-electron chi connectivity index (χ3n) is 3.31. The quantitative estimate of drug-likeness (QED) is 0.883. The van der Waals surface area contributed by atoms with Crippen molar-refractivity contribution in [3.8, 4) is 0 Å². The molecule has 2 rings (SSSR count). The number of thiazole rings is 1. The predicted molar refractivity (Wildman–Crippen MR) is 74.6 cm³/mol. The number of aromatic nitrogens is 1. The third-order valence-corrected chi connectivity index (χ3v) is 4.55. The van der Waals surface area contributed by atoms with Crippen molar-refractivity contribution < 1.29 is 0 Å². The van der Waals surface area contributed by atoms with Crippen LogP contribution >= 0.6 is 11.3 Å². The molecule has 1 aromatic heterocycles. The van der Waals surface area contributed by atoms with E-state index in [1.165, 1.54) is 36.4 Å². The van der Waals surface area contributed by atoms with Crippen LogP contribution in [-0.2, 0) is 12.8 Å². The van der Waals surface area contributed by atoms with Crippen molar-refractivity contribution in [2.24, 2.45) is 5.92 Å². The van der Waals surface area contributed by atoms with Gasteiger partial charge >= 0.3 is 0 Å². The van der Waals surface area contributed by atoms with Crippen LogP contribution in [-0.4, -0.2) is 11.0 Å². The lowest BCUT2D eigenvalue weighted by Gasteiger charge is -2.22. The minimum atomic E-state index is 0.422. The van der Waals surface area contributed by atoms with Crippen molar-refractivity contribution >= 4 is 11.3 Å². The molecule has 3 heteroatoms. The number of fused-ring (bicyclic) bond motifs is 1. The van der Waals surface area contributed by atoms with Crippen LogP contribution in [0.2, 0.25) is 0 Å². The maximum atomic E-state index is 4.88. The van der Waals surface area contributed by atoms with Crippen molar-refractivity contribution in [1.29, 1.82) is 0 Å². The van der Waals surface area contributed by atoms with Crippen LogP contribution in [0.1, 0.15) is 62.2 Å². The fourth-order valence-corrected chi connectivity index (χ4v) is 3.80. The van der Waals surface area contributed by atoms with E-state index in [0.29, 0.717) is 18.0 Å². The first-order chi connectivity index (χ1) is 8.08. The van der Waals surface area contributed by atoms with Crippen LogP contribution in [0.15, 0.2) is 0 Å². The summed E-state index contributed by atoms with van der Waals surface area (Å²) in [6.07, 6.45) is 5.11. The Morgan fingerprint density at radius 2 is 1.82 bits per heavy atom. The second-order valence-corrected chi connectivity index (χ2v) is 6.79. The molecule has 0 spiro atoms. The van der Waals surface area contributed by atoms with E-state index in [0.717, 1.165) is 0 Å². The van der Waals surface area contributed by atoms with Gasteiger partial charge in [0.2, 0.25) is 0 Å². The lowest BCUT2D eigenvalue weighted by Crippen LogP contribution is -2.31. The molecule has 1 unspecified atom stereocenters. The number of hydrogen-bond acceptors (Lipinski definition) is 3.